The number of nitrogens with zero attached hydrogens (tertiary/aromatic N) is 2. The Morgan fingerprint density at radius 3 is 2.90 bits per heavy atom. The van der Waals surface area contributed by atoms with Crippen molar-refractivity contribution in [1.29, 1.82) is 0 Å². The maximum Gasteiger partial charge on any atom is 0.321 e. The van der Waals surface area contributed by atoms with Crippen LogP contribution in [0.3, 0.4) is 0 Å². The van der Waals surface area contributed by atoms with Gasteiger partial charge >= 0.3 is 6.03 Å². The highest BCUT2D eigenvalue weighted by Crippen LogP contribution is 2.27. The molecule has 3 N–H and O–H groups in total. The van der Waals surface area contributed by atoms with Gasteiger partial charge in [-0.25, -0.2) is 4.79 Å². The number of nitrogens with one attached hydrogen (secondary N) is 2. The number of anilines is 1. The van der Waals surface area contributed by atoms with E-state index >= 15 is 0 Å². The van der Waals surface area contributed by atoms with Crippen LogP contribution in [-0.2, 0) is 0 Å². The highest BCUT2D eigenvalue weighted by Gasteiger charge is 2.24. The fraction of sp³-hybridized carbons (Fsp3) is 0.462. The zero-order valence-corrected chi connectivity index (χ0v) is 13.6. The molecule has 0 fully saturated rings. The lowest BCUT2D eigenvalue weighted by molar-refractivity contribution is 0.167. The average Bonchev–Trinajstić information content (AvgIpc) is 3.09. The first-order valence-electron chi connectivity index (χ1n) is 6.62. The number of hydrogen-bond donors (Lipinski definition) is 3. The zero-order valence-electron chi connectivity index (χ0n) is 11.9. The summed E-state index contributed by atoms with van der Waals surface area (Å²) in [6.07, 6.45) is 1.58. The van der Waals surface area contributed by atoms with Crippen LogP contribution in [-0.4, -0.2) is 33.5 Å². The van der Waals surface area contributed by atoms with Gasteiger partial charge in [-0.2, -0.15) is 11.3 Å². The number of urea groups is 1. The van der Waals surface area contributed by atoms with Gasteiger partial charge in [0.1, 0.15) is 5.01 Å². The molecule has 0 radical (unpaired) electrons. The maximum absolute atomic E-state index is 12.0. The van der Waals surface area contributed by atoms with Gasteiger partial charge in [-0.1, -0.05) is 24.7 Å². The molecule has 0 spiro atoms. The Morgan fingerprint density at radius 2 is 2.29 bits per heavy atom. The molecule has 8 heteroatoms. The van der Waals surface area contributed by atoms with E-state index in [-0.39, 0.29) is 12.6 Å². The lowest BCUT2D eigenvalue weighted by atomic mass is 9.98. The SMILES string of the molecule is CCCC(C)(CO)NC(=O)Nc1nnc(-c2ccsc2)s1. The third kappa shape index (κ3) is 4.23. The Labute approximate surface area is 131 Å². The minimum absolute atomic E-state index is 0.107. The molecule has 114 valence electrons. The number of carbonyl (C=O) groups excluding carboxylic acids is 1. The monoisotopic (exact) mass is 326 g/mol. The fourth-order valence-corrected chi connectivity index (χ4v) is 3.36. The van der Waals surface area contributed by atoms with E-state index in [1.807, 2.05) is 30.7 Å². The molecule has 2 aromatic heterocycles. The Balaban J connectivity index is 1.97. The Kier molecular flexibility index (Phi) is 5.27. The van der Waals surface area contributed by atoms with Crippen molar-refractivity contribution in [1.82, 2.24) is 15.5 Å². The molecule has 21 heavy (non-hydrogen) atoms. The van der Waals surface area contributed by atoms with Crippen LogP contribution in [0.5, 0.6) is 0 Å². The smallest absolute Gasteiger partial charge is 0.321 e. The summed E-state index contributed by atoms with van der Waals surface area (Å²) in [4.78, 5) is 12.0. The predicted octanol–water partition coefficient (Wildman–Crippen LogP) is 2.94. The summed E-state index contributed by atoms with van der Waals surface area (Å²) < 4.78 is 0. The summed E-state index contributed by atoms with van der Waals surface area (Å²) in [5.74, 6) is 0. The minimum atomic E-state index is -0.625. The number of hydrogen-bond acceptors (Lipinski definition) is 6. The second kappa shape index (κ2) is 6.97. The summed E-state index contributed by atoms with van der Waals surface area (Å²) in [6, 6.07) is 1.58. The second-order valence-corrected chi connectivity index (χ2v) is 6.73. The number of thiophene rings is 1. The molecule has 0 saturated heterocycles. The lowest BCUT2D eigenvalue weighted by Gasteiger charge is -2.27. The third-order valence-corrected chi connectivity index (χ3v) is 4.55. The summed E-state index contributed by atoms with van der Waals surface area (Å²) in [5, 5.41) is 28.0. The second-order valence-electron chi connectivity index (χ2n) is 4.97. The third-order valence-electron chi connectivity index (χ3n) is 2.98. The van der Waals surface area contributed by atoms with Gasteiger partial charge in [0.2, 0.25) is 5.13 Å². The quantitative estimate of drug-likeness (QED) is 0.761. The topological polar surface area (TPSA) is 87.1 Å². The van der Waals surface area contributed by atoms with Crippen molar-refractivity contribution in [2.24, 2.45) is 0 Å². The van der Waals surface area contributed by atoms with Gasteiger partial charge < -0.3 is 10.4 Å². The first-order valence-corrected chi connectivity index (χ1v) is 8.38. The highest BCUT2D eigenvalue weighted by atomic mass is 32.1. The molecule has 0 aromatic carbocycles. The van der Waals surface area contributed by atoms with E-state index in [1.54, 1.807) is 11.3 Å². The van der Waals surface area contributed by atoms with Crippen LogP contribution < -0.4 is 10.6 Å². The summed E-state index contributed by atoms with van der Waals surface area (Å²) in [5.41, 5.74) is 0.372. The van der Waals surface area contributed by atoms with Gasteiger partial charge in [0.05, 0.1) is 12.1 Å². The molecule has 0 aliphatic carbocycles. The number of aliphatic hydroxyl groups excluding tert-OH is 1. The van der Waals surface area contributed by atoms with Crippen molar-refractivity contribution in [3.8, 4) is 10.6 Å². The molecule has 2 aromatic rings. The predicted molar refractivity (Wildman–Crippen MR) is 85.8 cm³/mol. The van der Waals surface area contributed by atoms with Crippen LogP contribution >= 0.6 is 22.7 Å². The van der Waals surface area contributed by atoms with Crippen LogP contribution in [0, 0.1) is 0 Å². The Bertz CT molecular complexity index is 585. The number of aromatic nitrogens is 2. The molecule has 2 amide bonds. The number of aliphatic hydroxyl groups is 1. The van der Waals surface area contributed by atoms with Gasteiger partial charge in [-0.05, 0) is 24.8 Å². The van der Waals surface area contributed by atoms with Crippen LogP contribution in [0.4, 0.5) is 9.93 Å². The van der Waals surface area contributed by atoms with Crippen molar-refractivity contribution < 1.29 is 9.90 Å². The van der Waals surface area contributed by atoms with E-state index < -0.39 is 5.54 Å². The molecule has 0 aliphatic rings. The van der Waals surface area contributed by atoms with Crippen LogP contribution in [0.25, 0.3) is 10.6 Å². The van der Waals surface area contributed by atoms with Gasteiger partial charge in [-0.15, -0.1) is 10.2 Å². The first-order chi connectivity index (χ1) is 10.1. The van der Waals surface area contributed by atoms with Gasteiger partial charge in [0.25, 0.3) is 0 Å². The molecule has 2 heterocycles. The van der Waals surface area contributed by atoms with Gasteiger partial charge in [0.15, 0.2) is 0 Å². The van der Waals surface area contributed by atoms with E-state index in [4.69, 9.17) is 0 Å². The van der Waals surface area contributed by atoms with Crippen molar-refractivity contribution in [3.05, 3.63) is 16.8 Å². The molecule has 0 bridgehead atoms. The van der Waals surface area contributed by atoms with E-state index in [1.165, 1.54) is 11.3 Å². The normalized spacial score (nSPS) is 13.7. The number of amides is 2. The van der Waals surface area contributed by atoms with Crippen molar-refractivity contribution >= 4 is 33.8 Å². The van der Waals surface area contributed by atoms with E-state index in [9.17, 15) is 9.90 Å². The molecule has 1 atom stereocenters. The first kappa shape index (κ1) is 15.9. The molecular weight excluding hydrogens is 308 g/mol. The minimum Gasteiger partial charge on any atom is -0.394 e. The molecule has 2 rings (SSSR count). The summed E-state index contributed by atoms with van der Waals surface area (Å²) in [6.45, 7) is 3.71. The molecule has 0 saturated carbocycles. The van der Waals surface area contributed by atoms with E-state index in [2.05, 4.69) is 20.8 Å². The van der Waals surface area contributed by atoms with E-state index in [0.29, 0.717) is 11.6 Å². The summed E-state index contributed by atoms with van der Waals surface area (Å²) in [7, 11) is 0. The molecular formula is C13H18N4O2S2. The standard InChI is InChI=1S/C13H18N4O2S2/c1-3-5-13(2,8-18)15-11(19)14-12-17-16-10(21-12)9-4-6-20-7-9/h4,6-7,18H,3,5,8H2,1-2H3,(H2,14,15,17,19). The molecule has 1 unspecified atom stereocenters. The maximum atomic E-state index is 12.0. The largest absolute Gasteiger partial charge is 0.394 e. The molecule has 6 nitrogen and oxygen atoms in total. The van der Waals surface area contributed by atoms with Crippen molar-refractivity contribution in [2.45, 2.75) is 32.2 Å². The van der Waals surface area contributed by atoms with Crippen LogP contribution in [0.15, 0.2) is 16.8 Å². The Hall–Kier alpha value is -1.51. The van der Waals surface area contributed by atoms with Gasteiger partial charge in [0, 0.05) is 10.9 Å². The molecule has 0 aliphatic heterocycles. The lowest BCUT2D eigenvalue weighted by Crippen LogP contribution is -2.50. The number of carbonyl (C=O) groups is 1. The zero-order chi connectivity index (χ0) is 15.3. The van der Waals surface area contributed by atoms with Crippen molar-refractivity contribution in [2.75, 3.05) is 11.9 Å². The van der Waals surface area contributed by atoms with Crippen LogP contribution in [0.2, 0.25) is 0 Å². The summed E-state index contributed by atoms with van der Waals surface area (Å²) >= 11 is 2.90. The Morgan fingerprint density at radius 1 is 1.48 bits per heavy atom. The number of rotatable bonds is 6. The van der Waals surface area contributed by atoms with Crippen LogP contribution in [0.1, 0.15) is 26.7 Å². The highest BCUT2D eigenvalue weighted by molar-refractivity contribution is 7.19. The van der Waals surface area contributed by atoms with E-state index in [0.717, 1.165) is 17.0 Å². The fourth-order valence-electron chi connectivity index (χ4n) is 1.91. The average molecular weight is 326 g/mol. The van der Waals surface area contributed by atoms with Crippen molar-refractivity contribution in [3.63, 3.8) is 0 Å². The van der Waals surface area contributed by atoms with Gasteiger partial charge in [-0.3, -0.25) is 5.32 Å².